The Hall–Kier alpha value is -1.44. The number of ether oxygens (including phenoxy) is 2. The Labute approximate surface area is 125 Å². The minimum absolute atomic E-state index is 0.432. The summed E-state index contributed by atoms with van der Waals surface area (Å²) in [5.74, 6) is 0.987. The average Bonchev–Trinajstić information content (AvgIpc) is 2.46. The van der Waals surface area contributed by atoms with E-state index in [0.717, 1.165) is 25.1 Å². The first kappa shape index (κ1) is 16.6. The van der Waals surface area contributed by atoms with Gasteiger partial charge in [0.25, 0.3) is 0 Å². The fourth-order valence-electron chi connectivity index (χ4n) is 1.74. The van der Waals surface area contributed by atoms with Crippen LogP contribution in [0.15, 0.2) is 12.1 Å². The highest BCUT2D eigenvalue weighted by Crippen LogP contribution is 2.37. The molecule has 4 nitrogen and oxygen atoms in total. The zero-order valence-electron chi connectivity index (χ0n) is 12.2. The molecule has 0 radical (unpaired) electrons. The van der Waals surface area contributed by atoms with Gasteiger partial charge in [0.1, 0.15) is 6.07 Å². The highest BCUT2D eigenvalue weighted by molar-refractivity contribution is 6.32. The topological polar surface area (TPSA) is 54.3 Å². The zero-order chi connectivity index (χ0) is 15.0. The first-order valence-corrected chi connectivity index (χ1v) is 7.17. The molecule has 1 rings (SSSR count). The molecular formula is C15H21ClN2O2. The number of nitriles is 1. The second-order valence-electron chi connectivity index (χ2n) is 4.43. The first-order valence-electron chi connectivity index (χ1n) is 6.79. The van der Waals surface area contributed by atoms with Crippen molar-refractivity contribution < 1.29 is 9.47 Å². The Bertz CT molecular complexity index is 472. The minimum Gasteiger partial charge on any atom is -0.493 e. The number of benzene rings is 1. The van der Waals surface area contributed by atoms with E-state index in [9.17, 15) is 0 Å². The molecule has 1 atom stereocenters. The van der Waals surface area contributed by atoms with Crippen molar-refractivity contribution in [2.24, 2.45) is 0 Å². The second kappa shape index (κ2) is 8.68. The molecule has 0 spiro atoms. The van der Waals surface area contributed by atoms with E-state index in [1.807, 2.05) is 19.1 Å². The number of methoxy groups -OCH3 is 1. The number of rotatable bonds is 8. The largest absolute Gasteiger partial charge is 0.493 e. The summed E-state index contributed by atoms with van der Waals surface area (Å²) in [5.41, 5.74) is 1.03. The van der Waals surface area contributed by atoms with Gasteiger partial charge in [-0.1, -0.05) is 25.4 Å². The highest BCUT2D eigenvalue weighted by atomic mass is 35.5. The Morgan fingerprint density at radius 2 is 2.15 bits per heavy atom. The van der Waals surface area contributed by atoms with Gasteiger partial charge in [0.05, 0.1) is 12.1 Å². The van der Waals surface area contributed by atoms with Crippen molar-refractivity contribution in [3.63, 3.8) is 0 Å². The predicted molar refractivity (Wildman–Crippen MR) is 80.3 cm³/mol. The van der Waals surface area contributed by atoms with Gasteiger partial charge in [0.2, 0.25) is 0 Å². The van der Waals surface area contributed by atoms with Crippen molar-refractivity contribution in [2.75, 3.05) is 13.7 Å². The fourth-order valence-corrected chi connectivity index (χ4v) is 2.02. The monoisotopic (exact) mass is 296 g/mol. The Morgan fingerprint density at radius 1 is 1.40 bits per heavy atom. The molecule has 1 unspecified atom stereocenters. The van der Waals surface area contributed by atoms with Crippen LogP contribution in [0.4, 0.5) is 0 Å². The third kappa shape index (κ3) is 4.59. The molecule has 1 aromatic carbocycles. The molecule has 0 fully saturated rings. The summed E-state index contributed by atoms with van der Waals surface area (Å²) in [5, 5.41) is 12.7. The van der Waals surface area contributed by atoms with Crippen LogP contribution in [0.2, 0.25) is 5.02 Å². The first-order chi connectivity index (χ1) is 9.65. The van der Waals surface area contributed by atoms with Crippen LogP contribution in [-0.4, -0.2) is 19.8 Å². The molecule has 0 aliphatic rings. The Morgan fingerprint density at radius 3 is 2.70 bits per heavy atom. The number of nitrogens with one attached hydrogen (secondary N) is 1. The SMILES string of the molecule is CCCNCc1cc(Cl)c(OC(C#N)CC)c(OC)c1. The maximum atomic E-state index is 8.97. The van der Waals surface area contributed by atoms with Gasteiger partial charge < -0.3 is 14.8 Å². The van der Waals surface area contributed by atoms with E-state index in [0.29, 0.717) is 22.9 Å². The molecule has 0 aromatic heterocycles. The van der Waals surface area contributed by atoms with Gasteiger partial charge in [0, 0.05) is 6.54 Å². The van der Waals surface area contributed by atoms with Crippen LogP contribution < -0.4 is 14.8 Å². The van der Waals surface area contributed by atoms with Gasteiger partial charge in [0.15, 0.2) is 17.6 Å². The van der Waals surface area contributed by atoms with Gasteiger partial charge in [-0.25, -0.2) is 0 Å². The van der Waals surface area contributed by atoms with E-state index in [1.165, 1.54) is 0 Å². The van der Waals surface area contributed by atoms with Crippen molar-refractivity contribution in [1.82, 2.24) is 5.32 Å². The van der Waals surface area contributed by atoms with Crippen LogP contribution in [0.3, 0.4) is 0 Å². The molecule has 0 bridgehead atoms. The van der Waals surface area contributed by atoms with Crippen LogP contribution in [0.1, 0.15) is 32.3 Å². The molecule has 20 heavy (non-hydrogen) atoms. The molecular weight excluding hydrogens is 276 g/mol. The molecule has 110 valence electrons. The predicted octanol–water partition coefficient (Wildman–Crippen LogP) is 3.53. The summed E-state index contributed by atoms with van der Waals surface area (Å²) in [4.78, 5) is 0. The van der Waals surface area contributed by atoms with Gasteiger partial charge in [-0.15, -0.1) is 0 Å². The van der Waals surface area contributed by atoms with Crippen molar-refractivity contribution in [3.05, 3.63) is 22.7 Å². The van der Waals surface area contributed by atoms with Gasteiger partial charge in [-0.3, -0.25) is 0 Å². The normalized spacial score (nSPS) is 11.8. The molecule has 1 aromatic rings. The summed E-state index contributed by atoms with van der Waals surface area (Å²) in [6.07, 6.45) is 1.15. The third-order valence-electron chi connectivity index (χ3n) is 2.82. The van der Waals surface area contributed by atoms with Crippen LogP contribution in [0.5, 0.6) is 11.5 Å². The molecule has 1 N–H and O–H groups in total. The standard InChI is InChI=1S/C15H21ClN2O2/c1-4-6-18-10-11-7-13(16)15(14(8-11)19-3)20-12(5-2)9-17/h7-8,12,18H,4-6,10H2,1-3H3. The lowest BCUT2D eigenvalue weighted by molar-refractivity contribution is 0.239. The smallest absolute Gasteiger partial charge is 0.184 e. The van der Waals surface area contributed by atoms with Gasteiger partial charge >= 0.3 is 0 Å². The quantitative estimate of drug-likeness (QED) is 0.746. The van der Waals surface area contributed by atoms with E-state index in [4.69, 9.17) is 26.3 Å². The summed E-state index contributed by atoms with van der Waals surface area (Å²) in [7, 11) is 1.56. The maximum absolute atomic E-state index is 8.97. The number of halogens is 1. The molecule has 0 saturated carbocycles. The molecule has 0 aliphatic carbocycles. The molecule has 0 heterocycles. The van der Waals surface area contributed by atoms with Crippen LogP contribution in [-0.2, 0) is 6.54 Å². The highest BCUT2D eigenvalue weighted by Gasteiger charge is 2.16. The summed E-state index contributed by atoms with van der Waals surface area (Å²) >= 11 is 6.24. The van der Waals surface area contributed by atoms with E-state index in [1.54, 1.807) is 7.11 Å². The summed E-state index contributed by atoms with van der Waals surface area (Å²) in [6, 6.07) is 5.81. The second-order valence-corrected chi connectivity index (χ2v) is 4.84. The molecule has 0 saturated heterocycles. The van der Waals surface area contributed by atoms with E-state index < -0.39 is 6.10 Å². The van der Waals surface area contributed by atoms with Gasteiger partial charge in [-0.05, 0) is 37.1 Å². The fraction of sp³-hybridized carbons (Fsp3) is 0.533. The lowest BCUT2D eigenvalue weighted by Gasteiger charge is -2.16. The lowest BCUT2D eigenvalue weighted by atomic mass is 10.2. The van der Waals surface area contributed by atoms with E-state index >= 15 is 0 Å². The number of hydrogen-bond acceptors (Lipinski definition) is 4. The van der Waals surface area contributed by atoms with Crippen molar-refractivity contribution >= 4 is 11.6 Å². The van der Waals surface area contributed by atoms with E-state index in [2.05, 4.69) is 18.3 Å². The summed E-state index contributed by atoms with van der Waals surface area (Å²) < 4.78 is 10.9. The van der Waals surface area contributed by atoms with Crippen LogP contribution in [0, 0.1) is 11.3 Å². The maximum Gasteiger partial charge on any atom is 0.184 e. The average molecular weight is 297 g/mol. The lowest BCUT2D eigenvalue weighted by Crippen LogP contribution is -2.15. The van der Waals surface area contributed by atoms with E-state index in [-0.39, 0.29) is 0 Å². The van der Waals surface area contributed by atoms with Crippen LogP contribution >= 0.6 is 11.6 Å². The van der Waals surface area contributed by atoms with Crippen molar-refractivity contribution in [3.8, 4) is 17.6 Å². The Kier molecular flexibility index (Phi) is 7.21. The van der Waals surface area contributed by atoms with Crippen LogP contribution in [0.25, 0.3) is 0 Å². The summed E-state index contributed by atoms with van der Waals surface area (Å²) in [6.45, 7) is 5.67. The van der Waals surface area contributed by atoms with Gasteiger partial charge in [-0.2, -0.15) is 5.26 Å². The van der Waals surface area contributed by atoms with Crippen molar-refractivity contribution in [2.45, 2.75) is 39.3 Å². The number of nitrogens with zero attached hydrogens (tertiary/aromatic N) is 1. The molecule has 0 amide bonds. The zero-order valence-corrected chi connectivity index (χ0v) is 13.0. The molecule has 0 aliphatic heterocycles. The third-order valence-corrected chi connectivity index (χ3v) is 3.10. The minimum atomic E-state index is -0.523. The number of hydrogen-bond donors (Lipinski definition) is 1. The molecule has 5 heteroatoms. The Balaban J connectivity index is 2.93. The van der Waals surface area contributed by atoms with Crippen molar-refractivity contribution in [1.29, 1.82) is 5.26 Å².